The highest BCUT2D eigenvalue weighted by atomic mass is 16.5. The molecule has 1 aromatic carbocycles. The van der Waals surface area contributed by atoms with Crippen LogP contribution in [0.25, 0.3) is 0 Å². The number of carbonyl (C=O) groups is 1. The van der Waals surface area contributed by atoms with E-state index in [0.29, 0.717) is 37.4 Å². The summed E-state index contributed by atoms with van der Waals surface area (Å²) < 4.78 is 10.9. The average molecular weight is 384 g/mol. The monoisotopic (exact) mass is 384 g/mol. The van der Waals surface area contributed by atoms with Crippen LogP contribution in [-0.4, -0.2) is 48.3 Å². The first-order valence-corrected chi connectivity index (χ1v) is 9.71. The van der Waals surface area contributed by atoms with Crippen LogP contribution in [0.5, 0.6) is 11.5 Å². The molecule has 1 aliphatic rings. The van der Waals surface area contributed by atoms with Gasteiger partial charge in [-0.3, -0.25) is 14.7 Å². The highest BCUT2D eigenvalue weighted by Gasteiger charge is 2.31. The number of aromatic nitrogens is 1. The number of rotatable bonds is 7. The third-order valence-corrected chi connectivity index (χ3v) is 5.50. The van der Waals surface area contributed by atoms with Crippen molar-refractivity contribution in [1.82, 2.24) is 9.88 Å². The minimum Gasteiger partial charge on any atom is -0.493 e. The van der Waals surface area contributed by atoms with Gasteiger partial charge in [0.2, 0.25) is 0 Å². The van der Waals surface area contributed by atoms with Crippen LogP contribution in [0.4, 0.5) is 0 Å². The summed E-state index contributed by atoms with van der Waals surface area (Å²) >= 11 is 0. The zero-order valence-corrected chi connectivity index (χ0v) is 16.7. The Labute approximate surface area is 166 Å². The Bertz CT molecular complexity index is 799. The summed E-state index contributed by atoms with van der Waals surface area (Å²) in [6.07, 6.45) is 4.16. The second-order valence-electron chi connectivity index (χ2n) is 7.11. The summed E-state index contributed by atoms with van der Waals surface area (Å²) in [6, 6.07) is 10.1. The molecule has 0 spiro atoms. The van der Waals surface area contributed by atoms with Crippen molar-refractivity contribution in [2.24, 2.45) is 5.92 Å². The number of hydrogen-bond acceptors (Lipinski definition) is 5. The van der Waals surface area contributed by atoms with Crippen LogP contribution in [0.3, 0.4) is 0 Å². The third-order valence-electron chi connectivity index (χ3n) is 5.50. The SMILES string of the molecule is CCc1ccc(C(c2ccc(OC)c(OC)c2)N2CCC(C(=O)O)CC2)nc1. The quantitative estimate of drug-likeness (QED) is 0.787. The molecule has 6 heteroatoms. The van der Waals surface area contributed by atoms with E-state index in [1.54, 1.807) is 14.2 Å². The van der Waals surface area contributed by atoms with E-state index in [1.165, 1.54) is 5.56 Å². The van der Waals surface area contributed by atoms with Crippen molar-refractivity contribution in [3.8, 4) is 11.5 Å². The van der Waals surface area contributed by atoms with Gasteiger partial charge >= 0.3 is 5.97 Å². The van der Waals surface area contributed by atoms with Gasteiger partial charge in [0.25, 0.3) is 0 Å². The van der Waals surface area contributed by atoms with Crippen molar-refractivity contribution < 1.29 is 19.4 Å². The molecule has 1 aromatic heterocycles. The number of piperidine rings is 1. The highest BCUT2D eigenvalue weighted by molar-refractivity contribution is 5.70. The van der Waals surface area contributed by atoms with Crippen LogP contribution >= 0.6 is 0 Å². The molecule has 150 valence electrons. The third kappa shape index (κ3) is 4.28. The van der Waals surface area contributed by atoms with Crippen molar-refractivity contribution in [1.29, 1.82) is 0 Å². The number of nitrogens with zero attached hydrogens (tertiary/aromatic N) is 2. The molecule has 1 N–H and O–H groups in total. The molecule has 1 aliphatic heterocycles. The summed E-state index contributed by atoms with van der Waals surface area (Å²) in [7, 11) is 3.25. The number of aliphatic carboxylic acids is 1. The van der Waals surface area contributed by atoms with Crippen molar-refractivity contribution >= 4 is 5.97 Å². The van der Waals surface area contributed by atoms with Crippen molar-refractivity contribution in [2.75, 3.05) is 27.3 Å². The molecule has 0 amide bonds. The number of carboxylic acids is 1. The smallest absolute Gasteiger partial charge is 0.306 e. The first-order valence-electron chi connectivity index (χ1n) is 9.71. The second kappa shape index (κ2) is 9.06. The fourth-order valence-corrected chi connectivity index (χ4v) is 3.80. The summed E-state index contributed by atoms with van der Waals surface area (Å²) in [4.78, 5) is 18.4. The maximum Gasteiger partial charge on any atom is 0.306 e. The molecule has 6 nitrogen and oxygen atoms in total. The van der Waals surface area contributed by atoms with E-state index in [4.69, 9.17) is 14.5 Å². The molecule has 2 aromatic rings. The second-order valence-corrected chi connectivity index (χ2v) is 7.11. The Morgan fingerprint density at radius 3 is 2.43 bits per heavy atom. The molecule has 1 unspecified atom stereocenters. The number of hydrogen-bond donors (Lipinski definition) is 1. The predicted octanol–water partition coefficient (Wildman–Crippen LogP) is 3.55. The normalized spacial score (nSPS) is 16.5. The van der Waals surface area contributed by atoms with Gasteiger partial charge in [-0.05, 0) is 61.7 Å². The zero-order valence-electron chi connectivity index (χ0n) is 16.7. The summed E-state index contributed by atoms with van der Waals surface area (Å²) in [5.41, 5.74) is 3.21. The van der Waals surface area contributed by atoms with E-state index < -0.39 is 5.97 Å². The molecule has 0 aliphatic carbocycles. The maximum atomic E-state index is 11.3. The van der Waals surface area contributed by atoms with E-state index in [2.05, 4.69) is 24.0 Å². The molecular formula is C22H28N2O4. The Balaban J connectivity index is 1.96. The number of benzene rings is 1. The van der Waals surface area contributed by atoms with Crippen LogP contribution in [0.2, 0.25) is 0 Å². The molecule has 0 radical (unpaired) electrons. The number of methoxy groups -OCH3 is 2. The summed E-state index contributed by atoms with van der Waals surface area (Å²) in [6.45, 7) is 3.54. The van der Waals surface area contributed by atoms with Crippen molar-refractivity contribution in [2.45, 2.75) is 32.2 Å². The fraction of sp³-hybridized carbons (Fsp3) is 0.455. The van der Waals surface area contributed by atoms with Crippen molar-refractivity contribution in [3.63, 3.8) is 0 Å². The number of aryl methyl sites for hydroxylation is 1. The average Bonchev–Trinajstić information content (AvgIpc) is 2.74. The molecule has 2 heterocycles. The van der Waals surface area contributed by atoms with E-state index in [0.717, 1.165) is 17.7 Å². The van der Waals surface area contributed by atoms with Crippen LogP contribution in [0.1, 0.15) is 42.6 Å². The number of likely N-dealkylation sites (tertiary alicyclic amines) is 1. The van der Waals surface area contributed by atoms with Gasteiger partial charge in [0.1, 0.15) is 0 Å². The zero-order chi connectivity index (χ0) is 20.1. The maximum absolute atomic E-state index is 11.3. The minimum atomic E-state index is -0.701. The van der Waals surface area contributed by atoms with E-state index in [-0.39, 0.29) is 12.0 Å². The largest absolute Gasteiger partial charge is 0.493 e. The van der Waals surface area contributed by atoms with Crippen molar-refractivity contribution in [3.05, 3.63) is 53.3 Å². The number of carboxylic acid groups (broad SMARTS) is 1. The van der Waals surface area contributed by atoms with E-state index >= 15 is 0 Å². The molecule has 3 rings (SSSR count). The summed E-state index contributed by atoms with van der Waals surface area (Å²) in [5, 5.41) is 9.32. The first-order chi connectivity index (χ1) is 13.6. The van der Waals surface area contributed by atoms with Crippen LogP contribution in [-0.2, 0) is 11.2 Å². The van der Waals surface area contributed by atoms with Gasteiger partial charge in [0, 0.05) is 6.20 Å². The lowest BCUT2D eigenvalue weighted by molar-refractivity contribution is -0.143. The van der Waals surface area contributed by atoms with Gasteiger partial charge < -0.3 is 14.6 Å². The Hall–Kier alpha value is -2.60. The molecule has 1 saturated heterocycles. The lowest BCUT2D eigenvalue weighted by atomic mass is 9.92. The molecule has 28 heavy (non-hydrogen) atoms. The van der Waals surface area contributed by atoms with Gasteiger partial charge in [-0.15, -0.1) is 0 Å². The van der Waals surface area contributed by atoms with Crippen LogP contribution in [0.15, 0.2) is 36.5 Å². The van der Waals surface area contributed by atoms with Gasteiger partial charge in [-0.2, -0.15) is 0 Å². The molecular weight excluding hydrogens is 356 g/mol. The molecule has 0 saturated carbocycles. The van der Waals surface area contributed by atoms with Crippen LogP contribution < -0.4 is 9.47 Å². The Morgan fingerprint density at radius 2 is 1.89 bits per heavy atom. The standard InChI is InChI=1S/C22H28N2O4/c1-4-15-5-7-18(23-14-15)21(24-11-9-16(10-12-24)22(25)26)17-6-8-19(27-2)20(13-17)28-3/h5-8,13-14,16,21H,4,9-12H2,1-3H3,(H,25,26). The predicted molar refractivity (Wildman–Crippen MR) is 107 cm³/mol. The Morgan fingerprint density at radius 1 is 1.18 bits per heavy atom. The van der Waals surface area contributed by atoms with Gasteiger partial charge in [-0.1, -0.05) is 19.1 Å². The molecule has 0 bridgehead atoms. The lowest BCUT2D eigenvalue weighted by Gasteiger charge is -2.36. The van der Waals surface area contributed by atoms with Crippen LogP contribution in [0, 0.1) is 5.92 Å². The van der Waals surface area contributed by atoms with E-state index in [1.807, 2.05) is 24.4 Å². The number of ether oxygens (including phenoxy) is 2. The highest BCUT2D eigenvalue weighted by Crippen LogP contribution is 2.36. The first kappa shape index (κ1) is 20.1. The minimum absolute atomic E-state index is 0.0551. The lowest BCUT2D eigenvalue weighted by Crippen LogP contribution is -2.39. The van der Waals surface area contributed by atoms with Gasteiger partial charge in [0.15, 0.2) is 11.5 Å². The topological polar surface area (TPSA) is 71.9 Å². The van der Waals surface area contributed by atoms with E-state index in [9.17, 15) is 9.90 Å². The van der Waals surface area contributed by atoms with Gasteiger partial charge in [-0.25, -0.2) is 0 Å². The summed E-state index contributed by atoms with van der Waals surface area (Å²) in [5.74, 6) is 0.393. The molecule has 1 atom stereocenters. The van der Waals surface area contributed by atoms with Gasteiger partial charge in [0.05, 0.1) is 31.9 Å². The number of pyridine rings is 1. The fourth-order valence-electron chi connectivity index (χ4n) is 3.80. The Kier molecular flexibility index (Phi) is 6.52. The molecule has 1 fully saturated rings.